The summed E-state index contributed by atoms with van der Waals surface area (Å²) in [6, 6.07) is 23.1. The van der Waals surface area contributed by atoms with Gasteiger partial charge in [0.2, 0.25) is 17.6 Å². The van der Waals surface area contributed by atoms with Crippen LogP contribution in [-0.4, -0.2) is 50.2 Å². The van der Waals surface area contributed by atoms with Gasteiger partial charge in [-0.25, -0.2) is 4.90 Å². The minimum absolute atomic E-state index is 0.0455. The Kier molecular flexibility index (Phi) is 10.9. The number of rotatable bonds is 11. The van der Waals surface area contributed by atoms with Gasteiger partial charge in [-0.2, -0.15) is 0 Å². The molecule has 0 aliphatic carbocycles. The number of anilines is 2. The van der Waals surface area contributed by atoms with Crippen LogP contribution in [0.3, 0.4) is 0 Å². The van der Waals surface area contributed by atoms with Crippen molar-refractivity contribution in [1.82, 2.24) is 5.32 Å². The van der Waals surface area contributed by atoms with Crippen molar-refractivity contribution in [2.24, 2.45) is 0 Å². The van der Waals surface area contributed by atoms with E-state index in [-0.39, 0.29) is 22.8 Å². The lowest BCUT2D eigenvalue weighted by Crippen LogP contribution is -2.31. The highest BCUT2D eigenvalue weighted by Crippen LogP contribution is 2.40. The summed E-state index contributed by atoms with van der Waals surface area (Å²) >= 11 is 13.5. The van der Waals surface area contributed by atoms with E-state index in [1.54, 1.807) is 72.8 Å². The van der Waals surface area contributed by atoms with E-state index < -0.39 is 28.9 Å². The number of carbonyl (C=O) groups excluding carboxylic acids is 4. The lowest BCUT2D eigenvalue weighted by atomic mass is 10.1. The standard InChI is InChI=1S/C35H29Cl2N3O7S/c1-45-28-15-20(16-29(46-2)32(28)47-3)14-26(39-33(42)21-8-5-4-6-9-21)34(43)38-23-10-7-11-24(18-23)48-30-19-31(41)40(35(30)44)27-17-22(36)12-13-25(27)37/h4-18,30H,19H2,1-3H3,(H,38,43)(H,39,42)/b26-14-/t30-/m1/s1. The van der Waals surface area contributed by atoms with Crippen molar-refractivity contribution in [2.45, 2.75) is 16.6 Å². The number of benzene rings is 4. The predicted octanol–water partition coefficient (Wildman–Crippen LogP) is 6.85. The van der Waals surface area contributed by atoms with Crippen LogP contribution in [0.1, 0.15) is 22.3 Å². The SMILES string of the molecule is COc1cc(/C=C(\NC(=O)c2ccccc2)C(=O)Nc2cccc(S[C@@H]3CC(=O)N(c4cc(Cl)ccc4Cl)C3=O)c2)cc(OC)c1OC. The minimum Gasteiger partial charge on any atom is -0.493 e. The Labute approximate surface area is 290 Å². The summed E-state index contributed by atoms with van der Waals surface area (Å²) in [5, 5.41) is 5.36. The molecular formula is C35H29Cl2N3O7S. The fraction of sp³-hybridized carbons (Fsp3) is 0.143. The Balaban J connectivity index is 1.39. The van der Waals surface area contributed by atoms with Crippen LogP contribution in [0.5, 0.6) is 17.2 Å². The molecule has 48 heavy (non-hydrogen) atoms. The number of carbonyl (C=O) groups is 4. The molecule has 246 valence electrons. The molecule has 0 radical (unpaired) electrons. The van der Waals surface area contributed by atoms with Crippen molar-refractivity contribution < 1.29 is 33.4 Å². The molecule has 4 aromatic carbocycles. The van der Waals surface area contributed by atoms with Crippen LogP contribution in [-0.2, 0) is 14.4 Å². The van der Waals surface area contributed by atoms with Gasteiger partial charge in [0.25, 0.3) is 11.8 Å². The molecule has 10 nitrogen and oxygen atoms in total. The van der Waals surface area contributed by atoms with Gasteiger partial charge >= 0.3 is 0 Å². The zero-order valence-corrected chi connectivity index (χ0v) is 28.2. The van der Waals surface area contributed by atoms with Gasteiger partial charge in [-0.05, 0) is 72.3 Å². The molecule has 1 heterocycles. The Morgan fingerprint density at radius 1 is 0.875 bits per heavy atom. The average Bonchev–Trinajstić information content (AvgIpc) is 3.36. The van der Waals surface area contributed by atoms with Crippen molar-refractivity contribution in [3.05, 3.63) is 112 Å². The van der Waals surface area contributed by atoms with Crippen molar-refractivity contribution in [3.63, 3.8) is 0 Å². The first-order valence-electron chi connectivity index (χ1n) is 14.4. The number of nitrogens with one attached hydrogen (secondary N) is 2. The Hall–Kier alpha value is -4.97. The van der Waals surface area contributed by atoms with E-state index in [2.05, 4.69) is 10.6 Å². The number of methoxy groups -OCH3 is 3. The maximum Gasteiger partial charge on any atom is 0.272 e. The van der Waals surface area contributed by atoms with Gasteiger partial charge in [0.1, 0.15) is 5.70 Å². The van der Waals surface area contributed by atoms with E-state index in [1.165, 1.54) is 51.3 Å². The molecule has 2 N–H and O–H groups in total. The molecule has 0 unspecified atom stereocenters. The molecule has 0 saturated carbocycles. The number of hydrogen-bond donors (Lipinski definition) is 2. The second kappa shape index (κ2) is 15.3. The largest absolute Gasteiger partial charge is 0.493 e. The molecule has 0 spiro atoms. The topological polar surface area (TPSA) is 123 Å². The van der Waals surface area contributed by atoms with Gasteiger partial charge in [-0.15, -0.1) is 11.8 Å². The van der Waals surface area contributed by atoms with E-state index in [1.807, 2.05) is 0 Å². The maximum atomic E-state index is 13.7. The highest BCUT2D eigenvalue weighted by molar-refractivity contribution is 8.00. The smallest absolute Gasteiger partial charge is 0.272 e. The first-order chi connectivity index (χ1) is 23.1. The molecule has 1 saturated heterocycles. The van der Waals surface area contributed by atoms with Gasteiger partial charge in [0, 0.05) is 27.6 Å². The molecule has 0 aromatic heterocycles. The van der Waals surface area contributed by atoms with Gasteiger partial charge in [-0.1, -0.05) is 47.5 Å². The molecule has 1 aliphatic heterocycles. The summed E-state index contributed by atoms with van der Waals surface area (Å²) in [6.07, 6.45) is 1.44. The average molecular weight is 707 g/mol. The minimum atomic E-state index is -0.723. The molecule has 13 heteroatoms. The molecule has 0 bridgehead atoms. The van der Waals surface area contributed by atoms with Gasteiger partial charge in [0.05, 0.1) is 37.3 Å². The van der Waals surface area contributed by atoms with E-state index >= 15 is 0 Å². The van der Waals surface area contributed by atoms with Crippen molar-refractivity contribution in [1.29, 1.82) is 0 Å². The van der Waals surface area contributed by atoms with Crippen LogP contribution >= 0.6 is 35.0 Å². The maximum absolute atomic E-state index is 13.7. The lowest BCUT2D eigenvalue weighted by molar-refractivity contribution is -0.121. The second-order valence-electron chi connectivity index (χ2n) is 10.3. The van der Waals surface area contributed by atoms with Crippen molar-refractivity contribution in [2.75, 3.05) is 31.5 Å². The normalized spacial score (nSPS) is 14.5. The third kappa shape index (κ3) is 7.76. The second-order valence-corrected chi connectivity index (χ2v) is 12.4. The van der Waals surface area contributed by atoms with Crippen molar-refractivity contribution >= 4 is 76.0 Å². The zero-order valence-electron chi connectivity index (χ0n) is 25.9. The van der Waals surface area contributed by atoms with Gasteiger partial charge in [-0.3, -0.25) is 19.2 Å². The number of ether oxygens (including phenoxy) is 3. The summed E-state index contributed by atoms with van der Waals surface area (Å²) < 4.78 is 16.3. The fourth-order valence-electron chi connectivity index (χ4n) is 4.91. The predicted molar refractivity (Wildman–Crippen MR) is 186 cm³/mol. The van der Waals surface area contributed by atoms with E-state index in [0.717, 1.165) is 4.90 Å². The van der Waals surface area contributed by atoms with Crippen LogP contribution < -0.4 is 29.7 Å². The van der Waals surface area contributed by atoms with E-state index in [0.29, 0.717) is 44.0 Å². The summed E-state index contributed by atoms with van der Waals surface area (Å²) in [5.41, 5.74) is 1.39. The molecule has 4 aromatic rings. The number of hydrogen-bond acceptors (Lipinski definition) is 8. The molecule has 5 rings (SSSR count). The highest BCUT2D eigenvalue weighted by Gasteiger charge is 2.41. The van der Waals surface area contributed by atoms with Crippen LogP contribution in [0, 0.1) is 0 Å². The molecule has 1 fully saturated rings. The van der Waals surface area contributed by atoms with Crippen LogP contribution in [0.25, 0.3) is 6.08 Å². The molecular weight excluding hydrogens is 677 g/mol. The lowest BCUT2D eigenvalue weighted by Gasteiger charge is -2.17. The number of imide groups is 1. The Morgan fingerprint density at radius 2 is 1.58 bits per heavy atom. The summed E-state index contributed by atoms with van der Waals surface area (Å²) in [4.78, 5) is 54.7. The van der Waals surface area contributed by atoms with E-state index in [9.17, 15) is 19.2 Å². The zero-order chi connectivity index (χ0) is 34.4. The summed E-state index contributed by atoms with van der Waals surface area (Å²) in [5.74, 6) is -0.862. The Bertz CT molecular complexity index is 1890. The number of thioether (sulfide) groups is 1. The summed E-state index contributed by atoms with van der Waals surface area (Å²) in [6.45, 7) is 0. The fourth-order valence-corrected chi connectivity index (χ4v) is 6.39. The quantitative estimate of drug-likeness (QED) is 0.128. The number of halogens is 2. The molecule has 1 aliphatic rings. The monoisotopic (exact) mass is 705 g/mol. The van der Waals surface area contributed by atoms with E-state index in [4.69, 9.17) is 37.4 Å². The van der Waals surface area contributed by atoms with Crippen LogP contribution in [0.15, 0.2) is 95.5 Å². The highest BCUT2D eigenvalue weighted by atomic mass is 35.5. The third-order valence-electron chi connectivity index (χ3n) is 7.15. The van der Waals surface area contributed by atoms with Crippen LogP contribution in [0.2, 0.25) is 10.0 Å². The van der Waals surface area contributed by atoms with Gasteiger partial charge < -0.3 is 24.8 Å². The Morgan fingerprint density at radius 3 is 2.25 bits per heavy atom. The van der Waals surface area contributed by atoms with Crippen molar-refractivity contribution in [3.8, 4) is 17.2 Å². The number of amides is 4. The summed E-state index contributed by atoms with van der Waals surface area (Å²) in [7, 11) is 4.42. The van der Waals surface area contributed by atoms with Gasteiger partial charge in [0.15, 0.2) is 11.5 Å². The molecule has 4 amide bonds. The first-order valence-corrected chi connectivity index (χ1v) is 16.0. The third-order valence-corrected chi connectivity index (χ3v) is 8.89. The number of nitrogens with zero attached hydrogens (tertiary/aromatic N) is 1. The van der Waals surface area contributed by atoms with Crippen LogP contribution in [0.4, 0.5) is 11.4 Å². The molecule has 1 atom stereocenters. The first kappa shape index (κ1) is 34.4.